The van der Waals surface area contributed by atoms with Gasteiger partial charge in [0.15, 0.2) is 6.20 Å². The van der Waals surface area contributed by atoms with Crippen LogP contribution in [0.1, 0.15) is 12.1 Å². The number of benzene rings is 1. The number of hydrazone groups is 1. The van der Waals surface area contributed by atoms with Crippen LogP contribution in [-0.4, -0.2) is 32.0 Å². The summed E-state index contributed by atoms with van der Waals surface area (Å²) in [5, 5.41) is 6.16. The molecule has 1 aromatic heterocycles. The molecule has 0 aliphatic carbocycles. The molecule has 6 nitrogen and oxygen atoms in total. The van der Waals surface area contributed by atoms with Crippen LogP contribution in [0.25, 0.3) is 0 Å². The molecule has 1 heterocycles. The van der Waals surface area contributed by atoms with E-state index in [0.29, 0.717) is 13.0 Å². The fraction of sp³-hybridized carbons (Fsp3) is 0.250. The van der Waals surface area contributed by atoms with Crippen LogP contribution in [0.5, 0.6) is 0 Å². The van der Waals surface area contributed by atoms with Gasteiger partial charge in [0.2, 0.25) is 5.69 Å². The topological polar surface area (TPSA) is 73.8 Å². The Morgan fingerprint density at radius 3 is 2.57 bits per heavy atom. The van der Waals surface area contributed by atoms with Crippen molar-refractivity contribution < 1.29 is 17.5 Å². The molecule has 23 heavy (non-hydrogen) atoms. The van der Waals surface area contributed by atoms with Gasteiger partial charge in [0.25, 0.3) is 10.1 Å². The van der Waals surface area contributed by atoms with Gasteiger partial charge in [-0.1, -0.05) is 18.2 Å². The Morgan fingerprint density at radius 2 is 1.87 bits per heavy atom. The molecule has 0 spiro atoms. The number of rotatable bonds is 7. The lowest BCUT2D eigenvalue weighted by molar-refractivity contribution is -0.697. The molecule has 0 unspecified atom stereocenters. The maximum atomic E-state index is 10.8. The molecule has 7 heteroatoms. The number of para-hydroxylation sites is 1. The van der Waals surface area contributed by atoms with Crippen molar-refractivity contribution in [1.82, 2.24) is 0 Å². The van der Waals surface area contributed by atoms with Gasteiger partial charge in [0.05, 0.1) is 11.4 Å². The third-order valence-corrected chi connectivity index (χ3v) is 4.07. The van der Waals surface area contributed by atoms with Crippen LogP contribution in [0.15, 0.2) is 59.8 Å². The van der Waals surface area contributed by atoms with Crippen molar-refractivity contribution in [3.8, 4) is 0 Å². The molecule has 0 atom stereocenters. The van der Waals surface area contributed by atoms with Crippen LogP contribution in [0.4, 0.5) is 5.69 Å². The third-order valence-electron chi connectivity index (χ3n) is 3.27. The maximum Gasteiger partial charge on any atom is 0.265 e. The Bertz CT molecular complexity index is 761. The van der Waals surface area contributed by atoms with Gasteiger partial charge in [-0.25, -0.2) is 0 Å². The van der Waals surface area contributed by atoms with Crippen molar-refractivity contribution in [2.75, 3.05) is 17.8 Å². The lowest BCUT2D eigenvalue weighted by atomic mass is 10.3. The highest BCUT2D eigenvalue weighted by Gasteiger charge is 2.11. The monoisotopic (exact) mass is 334 g/mol. The van der Waals surface area contributed by atoms with E-state index < -0.39 is 10.1 Å². The second-order valence-corrected chi connectivity index (χ2v) is 6.63. The Hall–Kier alpha value is -2.25. The van der Waals surface area contributed by atoms with Crippen LogP contribution in [0, 0.1) is 0 Å². The van der Waals surface area contributed by atoms with E-state index in [0.717, 1.165) is 11.4 Å². The number of hydrogen-bond acceptors (Lipinski definition) is 4. The van der Waals surface area contributed by atoms with Gasteiger partial charge in [0.1, 0.15) is 12.8 Å². The summed E-state index contributed by atoms with van der Waals surface area (Å²) in [5.74, 6) is -0.255. The fourth-order valence-electron chi connectivity index (χ4n) is 2.08. The largest absolute Gasteiger partial charge is 0.286 e. The SMILES string of the molecule is CN(N=Cc1cccc[n+]1CCCS(=O)(=O)O)c1ccccc1. The predicted octanol–water partition coefficient (Wildman–Crippen LogP) is 1.72. The molecule has 0 aliphatic rings. The summed E-state index contributed by atoms with van der Waals surface area (Å²) >= 11 is 0. The average molecular weight is 334 g/mol. The number of pyridine rings is 1. The summed E-state index contributed by atoms with van der Waals surface area (Å²) in [5.41, 5.74) is 1.82. The first-order valence-corrected chi connectivity index (χ1v) is 8.83. The molecule has 122 valence electrons. The average Bonchev–Trinajstić information content (AvgIpc) is 2.53. The maximum absolute atomic E-state index is 10.8. The fourth-order valence-corrected chi connectivity index (χ4v) is 2.58. The Morgan fingerprint density at radius 1 is 1.17 bits per heavy atom. The van der Waals surface area contributed by atoms with E-state index in [1.807, 2.05) is 66.3 Å². The zero-order chi connectivity index (χ0) is 16.7. The van der Waals surface area contributed by atoms with E-state index >= 15 is 0 Å². The summed E-state index contributed by atoms with van der Waals surface area (Å²) in [6.07, 6.45) is 3.91. The van der Waals surface area contributed by atoms with Crippen molar-refractivity contribution >= 4 is 22.0 Å². The van der Waals surface area contributed by atoms with Gasteiger partial charge >= 0.3 is 0 Å². The molecule has 1 N–H and O–H groups in total. The van der Waals surface area contributed by atoms with Gasteiger partial charge in [0, 0.05) is 25.6 Å². The summed E-state index contributed by atoms with van der Waals surface area (Å²) in [7, 11) is -2.07. The Kier molecular flexibility index (Phi) is 5.84. The molecule has 0 radical (unpaired) electrons. The van der Waals surface area contributed by atoms with Crippen molar-refractivity contribution in [3.05, 3.63) is 60.4 Å². The third kappa shape index (κ3) is 5.80. The number of anilines is 1. The van der Waals surface area contributed by atoms with Crippen molar-refractivity contribution in [3.63, 3.8) is 0 Å². The number of aromatic nitrogens is 1. The second kappa shape index (κ2) is 7.85. The Balaban J connectivity index is 2.06. The van der Waals surface area contributed by atoms with E-state index in [-0.39, 0.29) is 5.75 Å². The molecule has 2 rings (SSSR count). The first-order valence-electron chi connectivity index (χ1n) is 7.22. The first kappa shape index (κ1) is 17.1. The molecular formula is C16H20N3O3S+. The molecule has 0 bridgehead atoms. The molecular weight excluding hydrogens is 314 g/mol. The quantitative estimate of drug-likeness (QED) is 0.362. The second-order valence-electron chi connectivity index (χ2n) is 5.06. The van der Waals surface area contributed by atoms with Crippen LogP contribution in [-0.2, 0) is 16.7 Å². The molecule has 0 fully saturated rings. The Labute approximate surface area is 136 Å². The van der Waals surface area contributed by atoms with E-state index in [4.69, 9.17) is 4.55 Å². The highest BCUT2D eigenvalue weighted by molar-refractivity contribution is 7.85. The normalized spacial score (nSPS) is 11.7. The van der Waals surface area contributed by atoms with Crippen molar-refractivity contribution in [2.24, 2.45) is 5.10 Å². The van der Waals surface area contributed by atoms with Gasteiger partial charge in [-0.2, -0.15) is 18.1 Å². The van der Waals surface area contributed by atoms with E-state index in [1.165, 1.54) is 0 Å². The van der Waals surface area contributed by atoms with Gasteiger partial charge < -0.3 is 0 Å². The minimum Gasteiger partial charge on any atom is -0.286 e. The minimum atomic E-state index is -3.92. The minimum absolute atomic E-state index is 0.255. The predicted molar refractivity (Wildman–Crippen MR) is 90.1 cm³/mol. The lowest BCUT2D eigenvalue weighted by Gasteiger charge is -2.11. The highest BCUT2D eigenvalue weighted by atomic mass is 32.2. The zero-order valence-electron chi connectivity index (χ0n) is 12.9. The van der Waals surface area contributed by atoms with E-state index in [1.54, 1.807) is 11.2 Å². The number of hydrogen-bond donors (Lipinski definition) is 1. The molecule has 0 amide bonds. The summed E-state index contributed by atoms with van der Waals surface area (Å²) in [4.78, 5) is 0. The van der Waals surface area contributed by atoms with Crippen LogP contribution in [0.3, 0.4) is 0 Å². The van der Waals surface area contributed by atoms with Gasteiger partial charge in [-0.15, -0.1) is 0 Å². The van der Waals surface area contributed by atoms with Gasteiger partial charge in [-0.05, 0) is 18.2 Å². The highest BCUT2D eigenvalue weighted by Crippen LogP contribution is 2.10. The molecule has 1 aromatic carbocycles. The molecule has 0 aliphatic heterocycles. The van der Waals surface area contributed by atoms with Crippen LogP contribution in [0.2, 0.25) is 0 Å². The van der Waals surface area contributed by atoms with Crippen molar-refractivity contribution in [1.29, 1.82) is 0 Å². The van der Waals surface area contributed by atoms with Gasteiger partial charge in [-0.3, -0.25) is 9.56 Å². The molecule has 0 saturated carbocycles. The van der Waals surface area contributed by atoms with E-state index in [9.17, 15) is 8.42 Å². The standard InChI is InChI=1S/C16H19N3O3S/c1-18(15-8-3-2-4-9-15)17-14-16-10-5-6-11-19(16)12-7-13-23(20,21)22/h2-6,8-11,14H,7,12-13H2,1H3/p+1. The molecule has 0 saturated heterocycles. The van der Waals surface area contributed by atoms with Crippen molar-refractivity contribution in [2.45, 2.75) is 13.0 Å². The summed E-state index contributed by atoms with van der Waals surface area (Å²) in [6, 6.07) is 15.4. The van der Waals surface area contributed by atoms with Crippen LogP contribution < -0.4 is 9.58 Å². The first-order chi connectivity index (χ1) is 11.0. The number of aryl methyl sites for hydroxylation is 1. The number of nitrogens with zero attached hydrogens (tertiary/aromatic N) is 3. The zero-order valence-corrected chi connectivity index (χ0v) is 13.7. The summed E-state index contributed by atoms with van der Waals surface area (Å²) in [6.45, 7) is 0.483. The van der Waals surface area contributed by atoms with Crippen LogP contribution >= 0.6 is 0 Å². The molecule has 2 aromatic rings. The lowest BCUT2D eigenvalue weighted by Crippen LogP contribution is -2.38. The summed E-state index contributed by atoms with van der Waals surface area (Å²) < 4.78 is 32.3. The smallest absolute Gasteiger partial charge is 0.265 e. The van der Waals surface area contributed by atoms with E-state index in [2.05, 4.69) is 5.10 Å².